The van der Waals surface area contributed by atoms with E-state index in [9.17, 15) is 13.2 Å². The number of hydrogen-bond donors (Lipinski definition) is 1. The van der Waals surface area contributed by atoms with Gasteiger partial charge in [0, 0.05) is 11.4 Å². The molecule has 4 aromatic carbocycles. The minimum Gasteiger partial charge on any atom is -0.295 e. The predicted octanol–water partition coefficient (Wildman–Crippen LogP) is 6.54. The molecule has 0 bridgehead atoms. The first kappa shape index (κ1) is 23.5. The molecule has 4 aromatic rings. The molecule has 1 atom stereocenters. The average molecular weight is 503 g/mol. The molecule has 0 aromatic heterocycles. The molecule has 0 aliphatic carbocycles. The Balaban J connectivity index is 1.42. The quantitative estimate of drug-likeness (QED) is 0.325. The summed E-state index contributed by atoms with van der Waals surface area (Å²) in [6.07, 6.45) is 0. The van der Waals surface area contributed by atoms with Gasteiger partial charge in [0.2, 0.25) is 5.91 Å². The molecule has 1 heterocycles. The second-order valence-corrected chi connectivity index (χ2v) is 11.7. The first-order valence-electron chi connectivity index (χ1n) is 11.5. The highest BCUT2D eigenvalue weighted by molar-refractivity contribution is 8.00. The van der Waals surface area contributed by atoms with Crippen molar-refractivity contribution in [3.05, 3.63) is 102 Å². The molecule has 0 radical (unpaired) electrons. The standard InChI is InChI=1S/C28H26N2O3S2/c1-19(2)20-10-13-25(14-11-20)30-27(31)18-34-28(30)23-8-5-9-24(16-23)29-35(32,33)26-15-12-21-6-3-4-7-22(21)17-26/h3-17,19,28-29H,18H2,1-2H3. The van der Waals surface area contributed by atoms with Gasteiger partial charge >= 0.3 is 0 Å². The monoisotopic (exact) mass is 502 g/mol. The number of anilines is 2. The molecule has 7 heteroatoms. The fourth-order valence-electron chi connectivity index (χ4n) is 4.27. The Hall–Kier alpha value is -3.29. The van der Waals surface area contributed by atoms with Gasteiger partial charge in [-0.2, -0.15) is 0 Å². The third kappa shape index (κ3) is 4.79. The van der Waals surface area contributed by atoms with Crippen molar-refractivity contribution in [1.29, 1.82) is 0 Å². The SMILES string of the molecule is CC(C)c1ccc(N2C(=O)CSC2c2cccc(NS(=O)(=O)c3ccc4ccccc4c3)c2)cc1. The van der Waals surface area contributed by atoms with Crippen LogP contribution in [0.3, 0.4) is 0 Å². The normalized spacial score (nSPS) is 16.3. The van der Waals surface area contributed by atoms with Gasteiger partial charge in [-0.05, 0) is 64.2 Å². The summed E-state index contributed by atoms with van der Waals surface area (Å²) in [6.45, 7) is 4.28. The fraction of sp³-hybridized carbons (Fsp3) is 0.179. The number of hydrogen-bond acceptors (Lipinski definition) is 4. The van der Waals surface area contributed by atoms with Crippen LogP contribution in [0.15, 0.2) is 95.9 Å². The van der Waals surface area contributed by atoms with E-state index in [1.807, 2.05) is 60.7 Å². The Kier molecular flexibility index (Phi) is 6.30. The highest BCUT2D eigenvalue weighted by Crippen LogP contribution is 2.42. The van der Waals surface area contributed by atoms with Gasteiger partial charge in [-0.3, -0.25) is 14.4 Å². The Labute approximate surface area is 210 Å². The van der Waals surface area contributed by atoms with Gasteiger partial charge in [0.05, 0.1) is 10.6 Å². The number of benzene rings is 4. The maximum atomic E-state index is 13.1. The van der Waals surface area contributed by atoms with Crippen LogP contribution in [-0.4, -0.2) is 20.1 Å². The summed E-state index contributed by atoms with van der Waals surface area (Å²) in [7, 11) is -3.77. The summed E-state index contributed by atoms with van der Waals surface area (Å²) < 4.78 is 29.0. The number of carbonyl (C=O) groups excluding carboxylic acids is 1. The summed E-state index contributed by atoms with van der Waals surface area (Å²) in [6, 6.07) is 28.1. The zero-order chi connectivity index (χ0) is 24.6. The number of rotatable bonds is 6. The van der Waals surface area contributed by atoms with Crippen molar-refractivity contribution < 1.29 is 13.2 Å². The third-order valence-electron chi connectivity index (χ3n) is 6.16. The second-order valence-electron chi connectivity index (χ2n) is 8.91. The molecule has 35 heavy (non-hydrogen) atoms. The highest BCUT2D eigenvalue weighted by Gasteiger charge is 2.34. The van der Waals surface area contributed by atoms with Gasteiger partial charge in [-0.25, -0.2) is 8.42 Å². The van der Waals surface area contributed by atoms with Crippen molar-refractivity contribution in [1.82, 2.24) is 0 Å². The lowest BCUT2D eigenvalue weighted by atomic mass is 10.0. The largest absolute Gasteiger partial charge is 0.295 e. The molecule has 1 saturated heterocycles. The van der Waals surface area contributed by atoms with E-state index in [-0.39, 0.29) is 16.2 Å². The number of amides is 1. The summed E-state index contributed by atoms with van der Waals surface area (Å²) in [5, 5.41) is 1.62. The van der Waals surface area contributed by atoms with Crippen LogP contribution in [0.1, 0.15) is 36.3 Å². The molecule has 1 aliphatic heterocycles. The Morgan fingerprint density at radius 2 is 1.63 bits per heavy atom. The second kappa shape index (κ2) is 9.40. The highest BCUT2D eigenvalue weighted by atomic mass is 32.2. The molecule has 0 saturated carbocycles. The van der Waals surface area contributed by atoms with Crippen LogP contribution in [0.5, 0.6) is 0 Å². The molecule has 178 valence electrons. The van der Waals surface area contributed by atoms with Gasteiger partial charge in [0.25, 0.3) is 10.0 Å². The number of fused-ring (bicyclic) bond motifs is 1. The number of sulfonamides is 1. The molecule has 0 spiro atoms. The molecule has 1 aliphatic rings. The zero-order valence-electron chi connectivity index (χ0n) is 19.5. The lowest BCUT2D eigenvalue weighted by molar-refractivity contribution is -0.115. The topological polar surface area (TPSA) is 66.5 Å². The van der Waals surface area contributed by atoms with Gasteiger partial charge in [0.1, 0.15) is 5.37 Å². The Morgan fingerprint density at radius 3 is 2.37 bits per heavy atom. The number of thioether (sulfide) groups is 1. The average Bonchev–Trinajstić information content (AvgIpc) is 3.25. The summed E-state index contributed by atoms with van der Waals surface area (Å²) in [5.41, 5.74) is 3.39. The van der Waals surface area contributed by atoms with E-state index in [2.05, 4.69) is 30.7 Å². The fourth-order valence-corrected chi connectivity index (χ4v) is 6.53. The van der Waals surface area contributed by atoms with E-state index in [0.29, 0.717) is 17.4 Å². The first-order chi connectivity index (χ1) is 16.8. The van der Waals surface area contributed by atoms with Crippen LogP contribution in [-0.2, 0) is 14.8 Å². The van der Waals surface area contributed by atoms with Crippen LogP contribution in [0, 0.1) is 0 Å². The van der Waals surface area contributed by atoms with E-state index >= 15 is 0 Å². The summed E-state index contributed by atoms with van der Waals surface area (Å²) in [4.78, 5) is 14.8. The van der Waals surface area contributed by atoms with Crippen LogP contribution in [0.4, 0.5) is 11.4 Å². The van der Waals surface area contributed by atoms with Crippen molar-refractivity contribution in [2.45, 2.75) is 30.0 Å². The first-order valence-corrected chi connectivity index (χ1v) is 14.0. The van der Waals surface area contributed by atoms with Crippen molar-refractivity contribution in [3.8, 4) is 0 Å². The van der Waals surface area contributed by atoms with E-state index < -0.39 is 10.0 Å². The lowest BCUT2D eigenvalue weighted by Gasteiger charge is -2.25. The van der Waals surface area contributed by atoms with Crippen LogP contribution in [0.2, 0.25) is 0 Å². The Bertz CT molecular complexity index is 1500. The molecule has 1 N–H and O–H groups in total. The number of nitrogens with one attached hydrogen (secondary N) is 1. The summed E-state index contributed by atoms with van der Waals surface area (Å²) in [5.74, 6) is 0.833. The Morgan fingerprint density at radius 1 is 0.886 bits per heavy atom. The van der Waals surface area contributed by atoms with E-state index in [0.717, 1.165) is 22.0 Å². The molecule has 1 amide bonds. The van der Waals surface area contributed by atoms with E-state index in [1.54, 1.807) is 34.9 Å². The maximum Gasteiger partial charge on any atom is 0.261 e. The van der Waals surface area contributed by atoms with Crippen LogP contribution in [0.25, 0.3) is 10.8 Å². The van der Waals surface area contributed by atoms with E-state index in [1.165, 1.54) is 5.56 Å². The molecular weight excluding hydrogens is 476 g/mol. The van der Waals surface area contributed by atoms with Crippen LogP contribution < -0.4 is 9.62 Å². The minimum absolute atomic E-state index is 0.0412. The molecule has 5 rings (SSSR count). The molecular formula is C28H26N2O3S2. The van der Waals surface area contributed by atoms with Crippen molar-refractivity contribution in [2.75, 3.05) is 15.4 Å². The zero-order valence-corrected chi connectivity index (χ0v) is 21.1. The molecule has 1 fully saturated rings. The van der Waals surface area contributed by atoms with Crippen molar-refractivity contribution in [2.24, 2.45) is 0 Å². The van der Waals surface area contributed by atoms with Crippen molar-refractivity contribution >= 4 is 49.8 Å². The van der Waals surface area contributed by atoms with Crippen LogP contribution >= 0.6 is 11.8 Å². The van der Waals surface area contributed by atoms with E-state index in [4.69, 9.17) is 0 Å². The molecule has 5 nitrogen and oxygen atoms in total. The smallest absolute Gasteiger partial charge is 0.261 e. The van der Waals surface area contributed by atoms with Gasteiger partial charge in [-0.1, -0.05) is 68.4 Å². The van der Waals surface area contributed by atoms with Gasteiger partial charge in [-0.15, -0.1) is 11.8 Å². The number of nitrogens with zero attached hydrogens (tertiary/aromatic N) is 1. The van der Waals surface area contributed by atoms with Crippen molar-refractivity contribution in [3.63, 3.8) is 0 Å². The lowest BCUT2D eigenvalue weighted by Crippen LogP contribution is -2.27. The number of carbonyl (C=O) groups is 1. The van der Waals surface area contributed by atoms with Gasteiger partial charge in [0.15, 0.2) is 0 Å². The van der Waals surface area contributed by atoms with Gasteiger partial charge < -0.3 is 0 Å². The summed E-state index contributed by atoms with van der Waals surface area (Å²) >= 11 is 1.54. The minimum atomic E-state index is -3.77. The maximum absolute atomic E-state index is 13.1. The predicted molar refractivity (Wildman–Crippen MR) is 144 cm³/mol. The third-order valence-corrected chi connectivity index (χ3v) is 8.75. The molecule has 1 unspecified atom stereocenters.